The summed E-state index contributed by atoms with van der Waals surface area (Å²) < 4.78 is 12.1. The van der Waals surface area contributed by atoms with E-state index >= 15 is 0 Å². The van der Waals surface area contributed by atoms with Gasteiger partial charge < -0.3 is 19.3 Å². The van der Waals surface area contributed by atoms with E-state index in [1.807, 2.05) is 16.0 Å². The lowest BCUT2D eigenvalue weighted by Gasteiger charge is -2.51. The first-order valence-corrected chi connectivity index (χ1v) is 15.3. The van der Waals surface area contributed by atoms with Gasteiger partial charge in [-0.05, 0) is 53.7 Å². The molecule has 2 aromatic heterocycles. The first-order valence-electron chi connectivity index (χ1n) is 14.4. The van der Waals surface area contributed by atoms with Gasteiger partial charge in [-0.15, -0.1) is 11.3 Å². The van der Waals surface area contributed by atoms with Crippen LogP contribution in [0.4, 0.5) is 0 Å². The summed E-state index contributed by atoms with van der Waals surface area (Å²) in [5.74, 6) is 1.63. The van der Waals surface area contributed by atoms with E-state index in [0.717, 1.165) is 37.9 Å². The van der Waals surface area contributed by atoms with Gasteiger partial charge in [0.2, 0.25) is 11.8 Å². The Hall–Kier alpha value is -3.04. The van der Waals surface area contributed by atoms with Crippen LogP contribution < -0.4 is 4.74 Å². The molecule has 0 unspecified atom stereocenters. The summed E-state index contributed by atoms with van der Waals surface area (Å²) in [5.41, 5.74) is 2.98. The zero-order chi connectivity index (χ0) is 27.5. The van der Waals surface area contributed by atoms with Crippen molar-refractivity contribution in [1.29, 1.82) is 0 Å². The molecule has 0 bridgehead atoms. The molecule has 3 aliphatic heterocycles. The van der Waals surface area contributed by atoms with E-state index in [4.69, 9.17) is 9.47 Å². The number of carbonyl (C=O) groups is 2. The van der Waals surface area contributed by atoms with Crippen LogP contribution in [0, 0.1) is 22.7 Å². The molecule has 2 amide bonds. The summed E-state index contributed by atoms with van der Waals surface area (Å²) in [7, 11) is 0. The number of thiazole rings is 1. The van der Waals surface area contributed by atoms with E-state index in [1.165, 1.54) is 22.3 Å². The van der Waals surface area contributed by atoms with E-state index in [1.54, 1.807) is 11.7 Å². The number of amides is 2. The monoisotopic (exact) mass is 560 g/mol. The maximum absolute atomic E-state index is 13.3. The van der Waals surface area contributed by atoms with E-state index in [9.17, 15) is 9.59 Å². The Kier molecular flexibility index (Phi) is 6.35. The third kappa shape index (κ3) is 4.47. The molecule has 210 valence electrons. The number of carbonyl (C=O) groups excluding carboxylic acids is 2. The summed E-state index contributed by atoms with van der Waals surface area (Å²) >= 11 is 1.37. The Morgan fingerprint density at radius 1 is 1.10 bits per heavy atom. The van der Waals surface area contributed by atoms with Gasteiger partial charge in [-0.2, -0.15) is 0 Å². The number of fused-ring (bicyclic) bond motifs is 1. The van der Waals surface area contributed by atoms with Crippen LogP contribution in [0.25, 0.3) is 10.8 Å². The minimum atomic E-state index is -0.160. The lowest BCUT2D eigenvalue weighted by molar-refractivity contribution is -0.148. The summed E-state index contributed by atoms with van der Waals surface area (Å²) in [5, 5.41) is 2.22. The fourth-order valence-corrected chi connectivity index (χ4v) is 7.68. The van der Waals surface area contributed by atoms with Crippen LogP contribution in [0.1, 0.15) is 54.3 Å². The Labute approximate surface area is 238 Å². The van der Waals surface area contributed by atoms with Crippen LogP contribution in [0.5, 0.6) is 5.88 Å². The second kappa shape index (κ2) is 9.80. The van der Waals surface area contributed by atoms with Crippen molar-refractivity contribution in [1.82, 2.24) is 19.8 Å². The van der Waals surface area contributed by atoms with Crippen molar-refractivity contribution in [3.63, 3.8) is 0 Å². The maximum atomic E-state index is 13.3. The summed E-state index contributed by atoms with van der Waals surface area (Å²) in [6.45, 7) is 8.97. The second-order valence-corrected chi connectivity index (χ2v) is 13.7. The molecule has 4 aliphatic rings. The molecule has 0 N–H and O–H groups in total. The standard InChI is InChI=1S/C31H36N4O4S/c1-30(2)12-25(30)28(36)35-17-31(18-35)16-34(29(37)26-13-32-19-40-26)14-21(31)15-39-27-24-5-3-4-22(23(24)6-9-33-27)20-7-10-38-11-8-20/h3-6,9,13,19-21,25H,7-8,10-12,14-18H2,1-2H3/t21-,25+/m0/s1. The number of hydrogen-bond donors (Lipinski definition) is 0. The minimum Gasteiger partial charge on any atom is -0.477 e. The molecule has 1 spiro atoms. The normalized spacial score (nSPS) is 25.2. The van der Waals surface area contributed by atoms with E-state index in [0.29, 0.717) is 49.5 Å². The topological polar surface area (TPSA) is 84.9 Å². The number of nitrogens with zero attached hydrogens (tertiary/aromatic N) is 4. The fourth-order valence-electron chi connectivity index (χ4n) is 7.10. The van der Waals surface area contributed by atoms with Crippen molar-refractivity contribution in [2.24, 2.45) is 22.7 Å². The molecular formula is C31H36N4O4S. The van der Waals surface area contributed by atoms with Gasteiger partial charge in [-0.3, -0.25) is 14.6 Å². The number of benzene rings is 1. The summed E-state index contributed by atoms with van der Waals surface area (Å²) in [4.78, 5) is 39.7. The highest BCUT2D eigenvalue weighted by Crippen LogP contribution is 2.54. The number of rotatable bonds is 6. The highest BCUT2D eigenvalue weighted by atomic mass is 32.1. The molecule has 5 heterocycles. The van der Waals surface area contributed by atoms with Gasteiger partial charge in [0.15, 0.2) is 0 Å². The molecule has 9 heteroatoms. The largest absolute Gasteiger partial charge is 0.477 e. The molecule has 40 heavy (non-hydrogen) atoms. The predicted molar refractivity (Wildman–Crippen MR) is 152 cm³/mol. The Morgan fingerprint density at radius 2 is 1.88 bits per heavy atom. The van der Waals surface area contributed by atoms with Gasteiger partial charge in [-0.25, -0.2) is 4.98 Å². The highest BCUT2D eigenvalue weighted by Gasteiger charge is 2.60. The molecule has 3 aromatic rings. The molecule has 8 nitrogen and oxygen atoms in total. The molecule has 7 rings (SSSR count). The third-order valence-electron chi connectivity index (χ3n) is 9.76. The van der Waals surface area contributed by atoms with Gasteiger partial charge in [0.05, 0.1) is 18.3 Å². The lowest BCUT2D eigenvalue weighted by Crippen LogP contribution is -2.63. The third-order valence-corrected chi connectivity index (χ3v) is 10.5. The predicted octanol–water partition coefficient (Wildman–Crippen LogP) is 4.61. The molecule has 1 saturated carbocycles. The number of pyridine rings is 1. The van der Waals surface area contributed by atoms with Crippen molar-refractivity contribution in [3.05, 3.63) is 52.6 Å². The van der Waals surface area contributed by atoms with Gasteiger partial charge in [-0.1, -0.05) is 26.0 Å². The first kappa shape index (κ1) is 25.9. The molecule has 3 saturated heterocycles. The summed E-state index contributed by atoms with van der Waals surface area (Å²) in [6.07, 6.45) is 6.50. The Bertz CT molecular complexity index is 1430. The van der Waals surface area contributed by atoms with Gasteiger partial charge in [0.1, 0.15) is 4.88 Å². The van der Waals surface area contributed by atoms with Crippen molar-refractivity contribution < 1.29 is 19.1 Å². The van der Waals surface area contributed by atoms with Crippen LogP contribution >= 0.6 is 11.3 Å². The van der Waals surface area contributed by atoms with Crippen LogP contribution in [-0.4, -0.2) is 77.6 Å². The SMILES string of the molecule is CC1(C)C[C@@H]1C(=O)N1CC2(CN(C(=O)c3cncs3)C[C@H]2COc2nccc3c(C4CCOCC4)cccc23)C1. The molecule has 2 atom stereocenters. The Balaban J connectivity index is 1.11. The van der Waals surface area contributed by atoms with Crippen LogP contribution in [0.2, 0.25) is 0 Å². The summed E-state index contributed by atoms with van der Waals surface area (Å²) in [6, 6.07) is 8.50. The van der Waals surface area contributed by atoms with Crippen molar-refractivity contribution in [2.45, 2.75) is 39.0 Å². The van der Waals surface area contributed by atoms with Gasteiger partial charge in [0.25, 0.3) is 5.91 Å². The lowest BCUT2D eigenvalue weighted by atomic mass is 9.71. The molecular weight excluding hydrogens is 524 g/mol. The van der Waals surface area contributed by atoms with Crippen LogP contribution in [0.3, 0.4) is 0 Å². The molecule has 1 aromatic carbocycles. The number of ether oxygens (including phenoxy) is 2. The van der Waals surface area contributed by atoms with Crippen molar-refractivity contribution in [3.8, 4) is 5.88 Å². The van der Waals surface area contributed by atoms with E-state index < -0.39 is 0 Å². The maximum Gasteiger partial charge on any atom is 0.265 e. The van der Waals surface area contributed by atoms with Crippen molar-refractivity contribution >= 4 is 33.9 Å². The average molecular weight is 561 g/mol. The first-order chi connectivity index (χ1) is 19.3. The number of likely N-dealkylation sites (tertiary alicyclic amines) is 2. The van der Waals surface area contributed by atoms with E-state index in [2.05, 4.69) is 48.1 Å². The van der Waals surface area contributed by atoms with E-state index in [-0.39, 0.29) is 34.5 Å². The molecule has 0 radical (unpaired) electrons. The zero-order valence-electron chi connectivity index (χ0n) is 23.2. The second-order valence-electron chi connectivity index (χ2n) is 12.8. The van der Waals surface area contributed by atoms with Crippen LogP contribution in [-0.2, 0) is 9.53 Å². The minimum absolute atomic E-state index is 0.0156. The van der Waals surface area contributed by atoms with Gasteiger partial charge >= 0.3 is 0 Å². The smallest absolute Gasteiger partial charge is 0.265 e. The highest BCUT2D eigenvalue weighted by molar-refractivity contribution is 7.11. The van der Waals surface area contributed by atoms with Crippen molar-refractivity contribution in [2.75, 3.05) is 46.0 Å². The number of aromatic nitrogens is 2. The quantitative estimate of drug-likeness (QED) is 0.438. The molecule has 4 fully saturated rings. The Morgan fingerprint density at radius 3 is 2.60 bits per heavy atom. The average Bonchev–Trinajstić information content (AvgIpc) is 3.32. The molecule has 1 aliphatic carbocycles. The zero-order valence-corrected chi connectivity index (χ0v) is 24.0. The van der Waals surface area contributed by atoms with Crippen LogP contribution in [0.15, 0.2) is 42.2 Å². The van der Waals surface area contributed by atoms with Gasteiger partial charge in [0, 0.05) is 68.2 Å². The number of hydrogen-bond acceptors (Lipinski definition) is 7. The fraction of sp³-hybridized carbons (Fsp3) is 0.548.